The molecule has 158 valence electrons. The molecule has 0 bridgehead atoms. The molecule has 0 aliphatic carbocycles. The van der Waals surface area contributed by atoms with Crippen molar-refractivity contribution in [2.24, 2.45) is 0 Å². The lowest BCUT2D eigenvalue weighted by atomic mass is 10.2. The number of carbonyl (C=O) groups is 3. The number of nitro groups is 1. The van der Waals surface area contributed by atoms with Gasteiger partial charge < -0.3 is 15.4 Å². The molecule has 1 heterocycles. The van der Waals surface area contributed by atoms with Gasteiger partial charge in [-0.05, 0) is 52.7 Å². The molecule has 1 saturated heterocycles. The van der Waals surface area contributed by atoms with Crippen LogP contribution in [0, 0.1) is 10.1 Å². The Kier molecular flexibility index (Phi) is 6.78. The molecule has 10 heteroatoms. The summed E-state index contributed by atoms with van der Waals surface area (Å²) in [6.07, 6.45) is 0.598. The van der Waals surface area contributed by atoms with Crippen molar-refractivity contribution in [3.8, 4) is 0 Å². The number of anilines is 1. The van der Waals surface area contributed by atoms with Crippen molar-refractivity contribution in [1.29, 1.82) is 0 Å². The van der Waals surface area contributed by atoms with Crippen LogP contribution in [0.1, 0.15) is 40.5 Å². The lowest BCUT2D eigenvalue weighted by molar-refractivity contribution is -0.384. The Morgan fingerprint density at radius 2 is 1.86 bits per heavy atom. The first-order valence-electron chi connectivity index (χ1n) is 9.33. The zero-order chi connectivity index (χ0) is 21.8. The highest BCUT2D eigenvalue weighted by molar-refractivity contribution is 5.98. The molecule has 1 aliphatic rings. The van der Waals surface area contributed by atoms with E-state index in [0.29, 0.717) is 25.1 Å². The number of nitrogens with zero attached hydrogens (tertiary/aromatic N) is 2. The van der Waals surface area contributed by atoms with Crippen LogP contribution < -0.4 is 10.6 Å². The molecular weight excluding hydrogens is 380 g/mol. The average molecular weight is 406 g/mol. The summed E-state index contributed by atoms with van der Waals surface area (Å²) < 4.78 is 5.34. The van der Waals surface area contributed by atoms with Gasteiger partial charge in [0.2, 0.25) is 11.8 Å². The van der Waals surface area contributed by atoms with Crippen LogP contribution in [0.2, 0.25) is 0 Å². The van der Waals surface area contributed by atoms with E-state index in [9.17, 15) is 24.5 Å². The minimum atomic E-state index is -0.862. The van der Waals surface area contributed by atoms with Gasteiger partial charge in [-0.1, -0.05) is 0 Å². The fourth-order valence-corrected chi connectivity index (χ4v) is 2.87. The van der Waals surface area contributed by atoms with E-state index >= 15 is 0 Å². The molecule has 29 heavy (non-hydrogen) atoms. The number of likely N-dealkylation sites (tertiary alicyclic amines) is 1. The number of amides is 3. The number of nitrogens with one attached hydrogen (secondary N) is 2. The van der Waals surface area contributed by atoms with E-state index in [1.54, 1.807) is 20.8 Å². The number of rotatable bonds is 5. The molecule has 0 radical (unpaired) electrons. The predicted molar refractivity (Wildman–Crippen MR) is 105 cm³/mol. The van der Waals surface area contributed by atoms with Crippen LogP contribution in [-0.2, 0) is 14.3 Å². The fourth-order valence-electron chi connectivity index (χ4n) is 2.87. The highest BCUT2D eigenvalue weighted by atomic mass is 16.6. The van der Waals surface area contributed by atoms with E-state index in [2.05, 4.69) is 10.6 Å². The summed E-state index contributed by atoms with van der Waals surface area (Å²) in [6.45, 7) is 7.18. The normalized spacial score (nSPS) is 17.4. The first-order chi connectivity index (χ1) is 13.5. The first-order valence-corrected chi connectivity index (χ1v) is 9.33. The molecule has 0 aromatic heterocycles. The second-order valence-corrected chi connectivity index (χ2v) is 7.86. The van der Waals surface area contributed by atoms with Gasteiger partial charge in [-0.2, -0.15) is 0 Å². The minimum absolute atomic E-state index is 0.0900. The summed E-state index contributed by atoms with van der Waals surface area (Å²) in [6, 6.07) is 3.81. The molecule has 2 rings (SSSR count). The number of ether oxygens (including phenoxy) is 1. The largest absolute Gasteiger partial charge is 0.444 e. The van der Waals surface area contributed by atoms with Crippen molar-refractivity contribution in [1.82, 2.24) is 10.2 Å². The SMILES string of the molecule is C[C@H](NC(=O)[C@H]1CCCN1C(=O)OC(C)(C)C)C(=O)Nc1ccc([N+](=O)[O-])cc1. The zero-order valence-corrected chi connectivity index (χ0v) is 16.9. The Morgan fingerprint density at radius 3 is 2.41 bits per heavy atom. The lowest BCUT2D eigenvalue weighted by Crippen LogP contribution is -2.51. The fraction of sp³-hybridized carbons (Fsp3) is 0.526. The Labute approximate surface area is 168 Å². The monoisotopic (exact) mass is 406 g/mol. The summed E-state index contributed by atoms with van der Waals surface area (Å²) in [4.78, 5) is 48.7. The van der Waals surface area contributed by atoms with E-state index in [-0.39, 0.29) is 5.69 Å². The summed E-state index contributed by atoms with van der Waals surface area (Å²) in [5.41, 5.74) is -0.385. The van der Waals surface area contributed by atoms with Crippen LogP contribution in [0.25, 0.3) is 0 Å². The van der Waals surface area contributed by atoms with Crippen molar-refractivity contribution in [3.63, 3.8) is 0 Å². The third-order valence-corrected chi connectivity index (χ3v) is 4.28. The van der Waals surface area contributed by atoms with E-state index < -0.39 is 40.5 Å². The maximum Gasteiger partial charge on any atom is 0.410 e. The standard InChI is InChI=1S/C19H26N4O6/c1-12(16(24)21-13-7-9-14(10-8-13)23(27)28)20-17(25)15-6-5-11-22(15)18(26)29-19(2,3)4/h7-10,12,15H,5-6,11H2,1-4H3,(H,20,25)(H,21,24)/t12-,15+/m0/s1. The lowest BCUT2D eigenvalue weighted by Gasteiger charge is -2.28. The Balaban J connectivity index is 1.93. The van der Waals surface area contributed by atoms with E-state index in [1.165, 1.54) is 36.1 Å². The molecule has 0 saturated carbocycles. The summed E-state index contributed by atoms with van der Waals surface area (Å²) >= 11 is 0. The molecule has 0 unspecified atom stereocenters. The highest BCUT2D eigenvalue weighted by Crippen LogP contribution is 2.21. The van der Waals surface area contributed by atoms with Gasteiger partial charge in [-0.15, -0.1) is 0 Å². The zero-order valence-electron chi connectivity index (χ0n) is 16.9. The first kappa shape index (κ1) is 22.1. The molecule has 1 aliphatic heterocycles. The Morgan fingerprint density at radius 1 is 1.24 bits per heavy atom. The van der Waals surface area contributed by atoms with Gasteiger partial charge in [0.25, 0.3) is 5.69 Å². The van der Waals surface area contributed by atoms with E-state index in [0.717, 1.165) is 0 Å². The topological polar surface area (TPSA) is 131 Å². The second-order valence-electron chi connectivity index (χ2n) is 7.86. The van der Waals surface area contributed by atoms with Crippen LogP contribution >= 0.6 is 0 Å². The number of hydrogen-bond donors (Lipinski definition) is 2. The molecule has 0 spiro atoms. The molecule has 1 aromatic rings. The van der Waals surface area contributed by atoms with Gasteiger partial charge in [-0.25, -0.2) is 4.79 Å². The molecule has 1 aromatic carbocycles. The number of benzene rings is 1. The van der Waals surface area contributed by atoms with Gasteiger partial charge in [0.05, 0.1) is 4.92 Å². The number of hydrogen-bond acceptors (Lipinski definition) is 6. The number of non-ortho nitro benzene ring substituents is 1. The van der Waals surface area contributed by atoms with E-state index in [4.69, 9.17) is 4.74 Å². The third kappa shape index (κ3) is 6.16. The van der Waals surface area contributed by atoms with Gasteiger partial charge in [0.15, 0.2) is 0 Å². The van der Waals surface area contributed by atoms with Crippen LogP contribution in [0.15, 0.2) is 24.3 Å². The molecule has 2 atom stereocenters. The predicted octanol–water partition coefficient (Wildman–Crippen LogP) is 2.44. The minimum Gasteiger partial charge on any atom is -0.444 e. The maximum absolute atomic E-state index is 12.6. The Hall–Kier alpha value is -3.17. The van der Waals surface area contributed by atoms with Crippen LogP contribution in [-0.4, -0.2) is 52.0 Å². The van der Waals surface area contributed by atoms with Crippen molar-refractivity contribution >= 4 is 29.3 Å². The van der Waals surface area contributed by atoms with Gasteiger partial charge in [0.1, 0.15) is 17.7 Å². The molecule has 10 nitrogen and oxygen atoms in total. The number of carbonyl (C=O) groups excluding carboxylic acids is 3. The maximum atomic E-state index is 12.6. The summed E-state index contributed by atoms with van der Waals surface area (Å²) in [7, 11) is 0. The van der Waals surface area contributed by atoms with E-state index in [1.807, 2.05) is 0 Å². The smallest absolute Gasteiger partial charge is 0.410 e. The van der Waals surface area contributed by atoms with Crippen LogP contribution in [0.3, 0.4) is 0 Å². The van der Waals surface area contributed by atoms with Crippen LogP contribution in [0.5, 0.6) is 0 Å². The average Bonchev–Trinajstić information content (AvgIpc) is 3.10. The quantitative estimate of drug-likeness (QED) is 0.570. The third-order valence-electron chi connectivity index (χ3n) is 4.28. The highest BCUT2D eigenvalue weighted by Gasteiger charge is 2.37. The molecule has 2 N–H and O–H groups in total. The Bertz CT molecular complexity index is 787. The molecule has 1 fully saturated rings. The summed E-state index contributed by atoms with van der Waals surface area (Å²) in [5.74, 6) is -0.909. The van der Waals surface area contributed by atoms with Crippen molar-refractivity contribution in [3.05, 3.63) is 34.4 Å². The molecule has 3 amide bonds. The van der Waals surface area contributed by atoms with Crippen molar-refractivity contribution < 1.29 is 24.0 Å². The summed E-state index contributed by atoms with van der Waals surface area (Å²) in [5, 5.41) is 15.9. The second kappa shape index (κ2) is 8.89. The van der Waals surface area contributed by atoms with Gasteiger partial charge in [-0.3, -0.25) is 24.6 Å². The number of nitro benzene ring substituents is 1. The van der Waals surface area contributed by atoms with Gasteiger partial charge >= 0.3 is 6.09 Å². The van der Waals surface area contributed by atoms with Crippen molar-refractivity contribution in [2.75, 3.05) is 11.9 Å². The van der Waals surface area contributed by atoms with Crippen molar-refractivity contribution in [2.45, 2.75) is 58.2 Å². The molecular formula is C19H26N4O6. The van der Waals surface area contributed by atoms with Gasteiger partial charge in [0, 0.05) is 24.4 Å². The van der Waals surface area contributed by atoms with Crippen LogP contribution in [0.4, 0.5) is 16.2 Å².